The fourth-order valence-electron chi connectivity index (χ4n) is 4.85. The number of nitrogens with zero attached hydrogens (tertiary/aromatic N) is 3. The third-order valence-corrected chi connectivity index (χ3v) is 6.55. The van der Waals surface area contributed by atoms with E-state index in [-0.39, 0.29) is 5.91 Å². The van der Waals surface area contributed by atoms with Crippen molar-refractivity contribution in [3.05, 3.63) is 0 Å². The van der Waals surface area contributed by atoms with E-state index in [1.807, 2.05) is 0 Å². The Bertz CT molecular complexity index is 642. The average molecular weight is 436 g/mol. The number of hydrogen-bond acceptors (Lipinski definition) is 7. The summed E-state index contributed by atoms with van der Waals surface area (Å²) in [6.07, 6.45) is 7.24. The summed E-state index contributed by atoms with van der Waals surface area (Å²) in [7, 11) is 0. The van der Waals surface area contributed by atoms with E-state index in [1.165, 1.54) is 6.42 Å². The van der Waals surface area contributed by atoms with Gasteiger partial charge in [0.05, 0.1) is 32.4 Å². The first kappa shape index (κ1) is 23.8. The highest BCUT2D eigenvalue weighted by atomic mass is 16.7. The van der Waals surface area contributed by atoms with Gasteiger partial charge in [-0.3, -0.25) is 9.69 Å². The second kappa shape index (κ2) is 11.7. The molecule has 2 amide bonds. The molecule has 9 heteroatoms. The van der Waals surface area contributed by atoms with Crippen molar-refractivity contribution in [2.45, 2.75) is 69.9 Å². The highest BCUT2D eigenvalue weighted by molar-refractivity contribution is 5.86. The Morgan fingerprint density at radius 1 is 1.23 bits per heavy atom. The number of nitrogens with one attached hydrogen (secondary N) is 2. The molecule has 0 spiro atoms. The van der Waals surface area contributed by atoms with E-state index in [9.17, 15) is 14.9 Å². The Labute approximate surface area is 185 Å². The lowest BCUT2D eigenvalue weighted by atomic mass is 9.84. The molecule has 0 aromatic rings. The molecule has 2 unspecified atom stereocenters. The minimum Gasteiger partial charge on any atom is -0.379 e. The molecular weight excluding hydrogens is 398 g/mol. The van der Waals surface area contributed by atoms with Crippen LogP contribution in [0.4, 0.5) is 4.79 Å². The molecule has 3 aliphatic rings. The zero-order valence-electron chi connectivity index (χ0n) is 18.7. The molecule has 2 N–H and O–H groups in total. The summed E-state index contributed by atoms with van der Waals surface area (Å²) in [4.78, 5) is 33.4. The van der Waals surface area contributed by atoms with Crippen LogP contribution in [0.5, 0.6) is 0 Å². The third-order valence-electron chi connectivity index (χ3n) is 6.55. The smallest absolute Gasteiger partial charge is 0.379 e. The second-order valence-electron chi connectivity index (χ2n) is 9.07. The van der Waals surface area contributed by atoms with Gasteiger partial charge in [-0.1, -0.05) is 39.0 Å². The highest BCUT2D eigenvalue weighted by Crippen LogP contribution is 2.28. The largest absolute Gasteiger partial charge is 0.426 e. The molecule has 31 heavy (non-hydrogen) atoms. The topological polar surface area (TPSA) is 107 Å². The molecule has 0 bridgehead atoms. The van der Waals surface area contributed by atoms with Gasteiger partial charge in [-0.05, 0) is 31.7 Å². The lowest BCUT2D eigenvalue weighted by molar-refractivity contribution is -0.147. The number of carbonyl (C=O) groups is 2. The third kappa shape index (κ3) is 7.06. The predicted octanol–water partition coefficient (Wildman–Crippen LogP) is 1.79. The van der Waals surface area contributed by atoms with Gasteiger partial charge in [0.2, 0.25) is 5.91 Å². The number of ether oxygens (including phenoxy) is 1. The Morgan fingerprint density at radius 2 is 1.97 bits per heavy atom. The molecule has 0 aromatic heterocycles. The van der Waals surface area contributed by atoms with E-state index < -0.39 is 17.7 Å². The number of carbonyl (C=O) groups excluding carboxylic acids is 2. The summed E-state index contributed by atoms with van der Waals surface area (Å²) in [5.41, 5.74) is -0.896. The van der Waals surface area contributed by atoms with Crippen molar-refractivity contribution in [3.8, 4) is 6.07 Å². The molecule has 1 aliphatic carbocycles. The minimum atomic E-state index is -0.896. The van der Waals surface area contributed by atoms with Crippen molar-refractivity contribution in [3.63, 3.8) is 0 Å². The maximum Gasteiger partial charge on any atom is 0.426 e. The van der Waals surface area contributed by atoms with Gasteiger partial charge in [-0.2, -0.15) is 5.26 Å². The molecular formula is C22H37N5O4. The monoisotopic (exact) mass is 435 g/mol. The van der Waals surface area contributed by atoms with Gasteiger partial charge in [0.1, 0.15) is 11.6 Å². The molecule has 2 saturated heterocycles. The van der Waals surface area contributed by atoms with Gasteiger partial charge in [0.25, 0.3) is 0 Å². The van der Waals surface area contributed by atoms with Crippen molar-refractivity contribution in [2.75, 3.05) is 45.9 Å². The summed E-state index contributed by atoms with van der Waals surface area (Å²) in [5.74, 6) is 0.107. The molecule has 3 fully saturated rings. The van der Waals surface area contributed by atoms with Gasteiger partial charge in [-0.25, -0.2) is 4.79 Å². The Hall–Kier alpha value is -1.89. The Balaban J connectivity index is 1.62. The van der Waals surface area contributed by atoms with E-state index in [2.05, 4.69) is 28.5 Å². The zero-order valence-corrected chi connectivity index (χ0v) is 18.7. The fraction of sp³-hybridized carbons (Fsp3) is 0.864. The number of morpholine rings is 1. The van der Waals surface area contributed by atoms with Crippen LogP contribution in [0.1, 0.15) is 58.3 Å². The Kier molecular flexibility index (Phi) is 8.93. The van der Waals surface area contributed by atoms with E-state index in [0.717, 1.165) is 45.2 Å². The van der Waals surface area contributed by atoms with E-state index in [4.69, 9.17) is 9.57 Å². The van der Waals surface area contributed by atoms with Crippen LogP contribution in [-0.2, 0) is 14.4 Å². The lowest BCUT2D eigenvalue weighted by Crippen LogP contribution is -2.57. The normalized spacial score (nSPS) is 26.7. The van der Waals surface area contributed by atoms with Gasteiger partial charge in [0, 0.05) is 13.1 Å². The van der Waals surface area contributed by atoms with Crippen molar-refractivity contribution in [1.82, 2.24) is 20.6 Å². The predicted molar refractivity (Wildman–Crippen MR) is 115 cm³/mol. The van der Waals surface area contributed by atoms with E-state index >= 15 is 0 Å². The maximum atomic E-state index is 13.2. The summed E-state index contributed by atoms with van der Waals surface area (Å²) in [6, 6.07) is 1.63. The van der Waals surface area contributed by atoms with Crippen LogP contribution >= 0.6 is 0 Å². The van der Waals surface area contributed by atoms with Crippen LogP contribution in [0.2, 0.25) is 0 Å². The van der Waals surface area contributed by atoms with Crippen LogP contribution < -0.4 is 10.6 Å². The van der Waals surface area contributed by atoms with Gasteiger partial charge < -0.3 is 20.2 Å². The number of rotatable bonds is 8. The first-order valence-electron chi connectivity index (χ1n) is 11.8. The molecule has 174 valence electrons. The molecule has 0 aromatic carbocycles. The maximum absolute atomic E-state index is 13.2. The number of likely N-dealkylation sites (tertiary alicyclic amines) is 1. The molecule has 2 atom stereocenters. The minimum absolute atomic E-state index is 0.288. The molecule has 0 radical (unpaired) electrons. The first-order valence-corrected chi connectivity index (χ1v) is 11.8. The molecule has 2 aliphatic heterocycles. The lowest BCUT2D eigenvalue weighted by Gasteiger charge is -2.30. The fourth-order valence-corrected chi connectivity index (χ4v) is 4.85. The highest BCUT2D eigenvalue weighted by Gasteiger charge is 2.41. The Morgan fingerprint density at radius 3 is 2.65 bits per heavy atom. The van der Waals surface area contributed by atoms with Crippen molar-refractivity contribution >= 4 is 12.0 Å². The van der Waals surface area contributed by atoms with Crippen molar-refractivity contribution in [2.24, 2.45) is 5.92 Å². The summed E-state index contributed by atoms with van der Waals surface area (Å²) >= 11 is 0. The summed E-state index contributed by atoms with van der Waals surface area (Å²) in [5, 5.41) is 17.2. The van der Waals surface area contributed by atoms with Gasteiger partial charge in [-0.15, -0.1) is 5.06 Å². The summed E-state index contributed by atoms with van der Waals surface area (Å²) < 4.78 is 5.27. The van der Waals surface area contributed by atoms with Gasteiger partial charge in [0.15, 0.2) is 0 Å². The molecule has 1 saturated carbocycles. The zero-order chi connectivity index (χ0) is 22.1. The quantitative estimate of drug-likeness (QED) is 0.599. The SMILES string of the molecule is CCCN1CCC(C#N)(NC(=O)C(CC2CCCCC2)NC(=O)ON2CCOCC2)C1. The second-order valence-corrected chi connectivity index (χ2v) is 9.07. The van der Waals surface area contributed by atoms with Crippen LogP contribution in [-0.4, -0.2) is 79.5 Å². The number of amides is 2. The van der Waals surface area contributed by atoms with Crippen LogP contribution in [0.3, 0.4) is 0 Å². The van der Waals surface area contributed by atoms with Crippen molar-refractivity contribution in [1.29, 1.82) is 5.26 Å². The van der Waals surface area contributed by atoms with E-state index in [1.54, 1.807) is 5.06 Å². The number of nitriles is 1. The average Bonchev–Trinajstić information content (AvgIpc) is 3.18. The molecule has 9 nitrogen and oxygen atoms in total. The number of hydrogen-bond donors (Lipinski definition) is 2. The van der Waals surface area contributed by atoms with Crippen LogP contribution in [0, 0.1) is 17.2 Å². The molecule has 2 heterocycles. The standard InChI is InChI=1S/C22H37N5O4/c1-2-9-26-10-8-22(16-23,17-26)25-20(28)19(15-18-6-4-3-5-7-18)24-21(29)31-27-11-13-30-14-12-27/h18-19H,2-15,17H2,1H3,(H,24,29)(H,25,28). The first-order chi connectivity index (χ1) is 15.0. The van der Waals surface area contributed by atoms with Crippen LogP contribution in [0.15, 0.2) is 0 Å². The van der Waals surface area contributed by atoms with Crippen molar-refractivity contribution < 1.29 is 19.2 Å². The van der Waals surface area contributed by atoms with E-state index in [0.29, 0.717) is 51.6 Å². The summed E-state index contributed by atoms with van der Waals surface area (Å²) in [6.45, 7) is 6.38. The number of hydroxylamine groups is 2. The molecule has 3 rings (SSSR count). The van der Waals surface area contributed by atoms with Crippen LogP contribution in [0.25, 0.3) is 0 Å². The van der Waals surface area contributed by atoms with Gasteiger partial charge >= 0.3 is 6.09 Å².